The lowest BCUT2D eigenvalue weighted by Crippen LogP contribution is -2.49. The maximum atomic E-state index is 12.3. The van der Waals surface area contributed by atoms with E-state index in [0.29, 0.717) is 44.1 Å². The van der Waals surface area contributed by atoms with Crippen LogP contribution < -0.4 is 10.2 Å². The van der Waals surface area contributed by atoms with E-state index >= 15 is 0 Å². The van der Waals surface area contributed by atoms with Crippen LogP contribution in [0.3, 0.4) is 0 Å². The van der Waals surface area contributed by atoms with Gasteiger partial charge in [0.05, 0.1) is 6.61 Å². The van der Waals surface area contributed by atoms with E-state index in [1.165, 1.54) is 0 Å². The molecule has 0 aliphatic carbocycles. The Kier molecular flexibility index (Phi) is 5.23. The van der Waals surface area contributed by atoms with Gasteiger partial charge in [0, 0.05) is 32.4 Å². The van der Waals surface area contributed by atoms with E-state index in [1.807, 2.05) is 18.2 Å². The monoisotopic (exact) mass is 395 g/mol. The van der Waals surface area contributed by atoms with Crippen molar-refractivity contribution >= 4 is 29.4 Å². The van der Waals surface area contributed by atoms with Crippen LogP contribution in [0, 0.1) is 0 Å². The van der Waals surface area contributed by atoms with Crippen LogP contribution in [0.25, 0.3) is 5.65 Å². The summed E-state index contributed by atoms with van der Waals surface area (Å²) in [6.45, 7) is 4.58. The van der Waals surface area contributed by atoms with Crippen LogP contribution in [-0.2, 0) is 4.74 Å². The Labute approximate surface area is 167 Å². The molecule has 1 aliphatic heterocycles. The molecule has 1 saturated heterocycles. The smallest absolute Gasteiger partial charge is 0.409 e. The van der Waals surface area contributed by atoms with Crippen LogP contribution in [0.4, 0.5) is 16.6 Å². The van der Waals surface area contributed by atoms with Gasteiger partial charge in [-0.1, -0.05) is 12.1 Å². The maximum Gasteiger partial charge on any atom is 0.409 e. The second-order valence-electron chi connectivity index (χ2n) is 6.43. The standard InChI is InChI=1S/C19H21N7O3/c1-2-29-19(28)25-12-10-24(11-13-25)16-8-5-7-15-21-18(23-26(15)16)22-17(27)14-6-3-4-9-20-14/h3-9H,2,10-13H2,1H3,(H,22,23,27). The quantitative estimate of drug-likeness (QED) is 0.716. The second-order valence-corrected chi connectivity index (χ2v) is 6.43. The highest BCUT2D eigenvalue weighted by molar-refractivity contribution is 6.01. The maximum absolute atomic E-state index is 12.3. The highest BCUT2D eigenvalue weighted by Gasteiger charge is 2.24. The molecule has 0 radical (unpaired) electrons. The van der Waals surface area contributed by atoms with Gasteiger partial charge in [0.2, 0.25) is 5.95 Å². The molecule has 10 nitrogen and oxygen atoms in total. The second kappa shape index (κ2) is 8.13. The van der Waals surface area contributed by atoms with Crippen molar-refractivity contribution in [3.8, 4) is 0 Å². The number of nitrogens with one attached hydrogen (secondary N) is 1. The van der Waals surface area contributed by atoms with Gasteiger partial charge in [-0.2, -0.15) is 9.50 Å². The lowest BCUT2D eigenvalue weighted by Gasteiger charge is -2.35. The van der Waals surface area contributed by atoms with Gasteiger partial charge in [-0.25, -0.2) is 4.79 Å². The number of pyridine rings is 2. The number of rotatable bonds is 4. The van der Waals surface area contributed by atoms with Gasteiger partial charge in [-0.05, 0) is 31.2 Å². The average Bonchev–Trinajstić information content (AvgIpc) is 3.17. The molecule has 0 bridgehead atoms. The first kappa shape index (κ1) is 18.7. The first-order valence-corrected chi connectivity index (χ1v) is 9.40. The van der Waals surface area contributed by atoms with Gasteiger partial charge in [-0.3, -0.25) is 15.1 Å². The number of carbonyl (C=O) groups excluding carboxylic acids is 2. The molecule has 4 heterocycles. The van der Waals surface area contributed by atoms with Crippen LogP contribution in [0.1, 0.15) is 17.4 Å². The fourth-order valence-electron chi connectivity index (χ4n) is 3.18. The van der Waals surface area contributed by atoms with E-state index in [4.69, 9.17) is 4.74 Å². The number of hydrogen-bond acceptors (Lipinski definition) is 7. The molecule has 3 aromatic heterocycles. The lowest BCUT2D eigenvalue weighted by atomic mass is 10.3. The number of carbonyl (C=O) groups is 2. The van der Waals surface area contributed by atoms with Gasteiger partial charge in [0.1, 0.15) is 11.5 Å². The van der Waals surface area contributed by atoms with Gasteiger partial charge in [0.15, 0.2) is 5.65 Å². The van der Waals surface area contributed by atoms with Gasteiger partial charge >= 0.3 is 6.09 Å². The van der Waals surface area contributed by atoms with Crippen molar-refractivity contribution in [1.29, 1.82) is 0 Å². The largest absolute Gasteiger partial charge is 0.450 e. The van der Waals surface area contributed by atoms with Crippen LogP contribution in [0.15, 0.2) is 42.6 Å². The molecule has 3 aromatic rings. The Morgan fingerprint density at radius 3 is 2.66 bits per heavy atom. The molecule has 0 atom stereocenters. The summed E-state index contributed by atoms with van der Waals surface area (Å²) < 4.78 is 6.75. The minimum Gasteiger partial charge on any atom is -0.450 e. The molecule has 0 saturated carbocycles. The fourth-order valence-corrected chi connectivity index (χ4v) is 3.18. The zero-order chi connectivity index (χ0) is 20.2. The SMILES string of the molecule is CCOC(=O)N1CCN(c2cccc3nc(NC(=O)c4ccccn4)nn23)CC1. The molecule has 4 rings (SSSR count). The third-order valence-electron chi connectivity index (χ3n) is 4.59. The van der Waals surface area contributed by atoms with E-state index in [0.717, 1.165) is 5.82 Å². The predicted octanol–water partition coefficient (Wildman–Crippen LogP) is 1.66. The molecule has 10 heteroatoms. The van der Waals surface area contributed by atoms with Crippen molar-refractivity contribution < 1.29 is 14.3 Å². The van der Waals surface area contributed by atoms with Crippen molar-refractivity contribution in [3.05, 3.63) is 48.3 Å². The molecule has 29 heavy (non-hydrogen) atoms. The minimum absolute atomic E-state index is 0.207. The predicted molar refractivity (Wildman–Crippen MR) is 106 cm³/mol. The van der Waals surface area contributed by atoms with Crippen molar-refractivity contribution in [1.82, 2.24) is 24.5 Å². The summed E-state index contributed by atoms with van der Waals surface area (Å²) in [6, 6.07) is 10.8. The molecule has 1 N–H and O–H groups in total. The van der Waals surface area contributed by atoms with E-state index < -0.39 is 0 Å². The molecular formula is C19H21N7O3. The van der Waals surface area contributed by atoms with Gasteiger partial charge in [-0.15, -0.1) is 5.10 Å². The fraction of sp³-hybridized carbons (Fsp3) is 0.316. The average molecular weight is 395 g/mol. The molecule has 1 fully saturated rings. The molecule has 0 spiro atoms. The zero-order valence-corrected chi connectivity index (χ0v) is 16.0. The number of ether oxygens (including phenoxy) is 1. The lowest BCUT2D eigenvalue weighted by molar-refractivity contribution is 0.101. The Bertz CT molecular complexity index is 1010. The van der Waals surface area contributed by atoms with Gasteiger partial charge < -0.3 is 14.5 Å². The third kappa shape index (κ3) is 3.96. The number of hydrogen-bond donors (Lipinski definition) is 1. The summed E-state index contributed by atoms with van der Waals surface area (Å²) in [5.74, 6) is 0.682. The van der Waals surface area contributed by atoms with Crippen LogP contribution in [0.5, 0.6) is 0 Å². The number of aromatic nitrogens is 4. The summed E-state index contributed by atoms with van der Waals surface area (Å²) in [6.07, 6.45) is 1.27. The Morgan fingerprint density at radius 1 is 1.10 bits per heavy atom. The number of anilines is 2. The van der Waals surface area contributed by atoms with Crippen molar-refractivity contribution in [2.45, 2.75) is 6.92 Å². The highest BCUT2D eigenvalue weighted by Crippen LogP contribution is 2.19. The van der Waals surface area contributed by atoms with Crippen molar-refractivity contribution in [2.24, 2.45) is 0 Å². The first-order valence-electron chi connectivity index (χ1n) is 9.40. The molecule has 2 amide bonds. The minimum atomic E-state index is -0.369. The number of fused-ring (bicyclic) bond motifs is 1. The summed E-state index contributed by atoms with van der Waals surface area (Å²) >= 11 is 0. The summed E-state index contributed by atoms with van der Waals surface area (Å²) in [5.41, 5.74) is 0.910. The van der Waals surface area contributed by atoms with Crippen LogP contribution >= 0.6 is 0 Å². The third-order valence-corrected chi connectivity index (χ3v) is 4.59. The highest BCUT2D eigenvalue weighted by atomic mass is 16.6. The number of piperazine rings is 1. The van der Waals surface area contributed by atoms with Crippen LogP contribution in [0.2, 0.25) is 0 Å². The summed E-state index contributed by atoms with van der Waals surface area (Å²) in [4.78, 5) is 36.4. The zero-order valence-electron chi connectivity index (χ0n) is 16.0. The molecule has 0 unspecified atom stereocenters. The van der Waals surface area contributed by atoms with E-state index in [-0.39, 0.29) is 17.9 Å². The summed E-state index contributed by atoms with van der Waals surface area (Å²) in [7, 11) is 0. The molecule has 0 aromatic carbocycles. The number of nitrogens with zero attached hydrogens (tertiary/aromatic N) is 6. The topological polar surface area (TPSA) is 105 Å². The number of amides is 2. The Balaban J connectivity index is 1.50. The van der Waals surface area contributed by atoms with Crippen molar-refractivity contribution in [3.63, 3.8) is 0 Å². The van der Waals surface area contributed by atoms with E-state index in [2.05, 4.69) is 25.3 Å². The molecular weight excluding hydrogens is 374 g/mol. The van der Waals surface area contributed by atoms with Gasteiger partial charge in [0.25, 0.3) is 5.91 Å². The van der Waals surface area contributed by atoms with Crippen molar-refractivity contribution in [2.75, 3.05) is 43.0 Å². The Hall–Kier alpha value is -3.69. The normalized spacial score (nSPS) is 14.1. The van der Waals surface area contributed by atoms with E-state index in [1.54, 1.807) is 40.7 Å². The summed E-state index contributed by atoms with van der Waals surface area (Å²) in [5, 5.41) is 7.12. The van der Waals surface area contributed by atoms with E-state index in [9.17, 15) is 9.59 Å². The Morgan fingerprint density at radius 2 is 1.93 bits per heavy atom. The van der Waals surface area contributed by atoms with Crippen LogP contribution in [-0.4, -0.2) is 69.3 Å². The molecule has 1 aliphatic rings. The molecule has 150 valence electrons. The first-order chi connectivity index (χ1) is 14.2.